The first-order valence-corrected chi connectivity index (χ1v) is 12.0. The van der Waals surface area contributed by atoms with Gasteiger partial charge in [-0.2, -0.15) is 5.26 Å². The van der Waals surface area contributed by atoms with Crippen LogP contribution in [0.1, 0.15) is 5.76 Å². The van der Waals surface area contributed by atoms with Crippen LogP contribution >= 0.6 is 11.8 Å². The van der Waals surface area contributed by atoms with E-state index in [2.05, 4.69) is 6.07 Å². The van der Waals surface area contributed by atoms with Crippen LogP contribution in [-0.2, 0) is 9.53 Å². The highest BCUT2D eigenvalue weighted by Crippen LogP contribution is 2.45. The lowest BCUT2D eigenvalue weighted by Crippen LogP contribution is -2.41. The Hall–Kier alpha value is -4.33. The number of nitrogens with zero attached hydrogens (tertiary/aromatic N) is 4. The van der Waals surface area contributed by atoms with Crippen LogP contribution in [0.5, 0.6) is 0 Å². The number of carbonyl (C=O) groups excluding carboxylic acids is 1. The fourth-order valence-corrected chi connectivity index (χ4v) is 4.99. The predicted octanol–water partition coefficient (Wildman–Crippen LogP) is 5.00. The summed E-state index contributed by atoms with van der Waals surface area (Å²) in [5, 5.41) is 23.3. The zero-order valence-electron chi connectivity index (χ0n) is 19.0. The summed E-state index contributed by atoms with van der Waals surface area (Å²) in [5.41, 5.74) is 2.20. The van der Waals surface area contributed by atoms with Gasteiger partial charge in [-0.1, -0.05) is 30.0 Å². The molecule has 1 amide bonds. The minimum atomic E-state index is -0.450. The van der Waals surface area contributed by atoms with E-state index in [1.165, 1.54) is 23.9 Å². The number of nitro benzene ring substituents is 1. The molecule has 36 heavy (non-hydrogen) atoms. The van der Waals surface area contributed by atoms with Gasteiger partial charge in [0.25, 0.3) is 11.6 Å². The van der Waals surface area contributed by atoms with Crippen molar-refractivity contribution in [2.24, 2.45) is 0 Å². The Morgan fingerprint density at radius 2 is 1.69 bits per heavy atom. The third kappa shape index (κ3) is 4.49. The average Bonchev–Trinajstić information content (AvgIpc) is 3.58. The van der Waals surface area contributed by atoms with Gasteiger partial charge in [0.2, 0.25) is 0 Å². The molecule has 9 nitrogen and oxygen atoms in total. The highest BCUT2D eigenvalue weighted by atomic mass is 32.2. The summed E-state index contributed by atoms with van der Waals surface area (Å²) in [6.07, 6.45) is 0. The molecule has 0 unspecified atom stereocenters. The van der Waals surface area contributed by atoms with Crippen molar-refractivity contribution in [3.63, 3.8) is 0 Å². The Bertz CT molecular complexity index is 1400. The molecule has 3 aromatic rings. The van der Waals surface area contributed by atoms with E-state index in [0.717, 1.165) is 5.69 Å². The van der Waals surface area contributed by atoms with Crippen LogP contribution in [0.4, 0.5) is 11.4 Å². The Labute approximate surface area is 211 Å². The monoisotopic (exact) mass is 500 g/mol. The third-order valence-electron chi connectivity index (χ3n) is 5.80. The lowest BCUT2D eigenvalue weighted by Gasteiger charge is -2.28. The van der Waals surface area contributed by atoms with Crippen LogP contribution in [0.15, 0.2) is 87.2 Å². The number of thioether (sulfide) groups is 1. The van der Waals surface area contributed by atoms with Gasteiger partial charge in [-0.15, -0.1) is 0 Å². The number of carbonyl (C=O) groups is 1. The lowest BCUT2D eigenvalue weighted by atomic mass is 10.1. The van der Waals surface area contributed by atoms with E-state index in [1.54, 1.807) is 29.2 Å². The van der Waals surface area contributed by atoms with Gasteiger partial charge >= 0.3 is 0 Å². The summed E-state index contributed by atoms with van der Waals surface area (Å²) in [4.78, 5) is 27.3. The minimum Gasteiger partial charge on any atom is -0.455 e. The lowest BCUT2D eigenvalue weighted by molar-refractivity contribution is -0.384. The van der Waals surface area contributed by atoms with Crippen molar-refractivity contribution in [1.82, 2.24) is 4.90 Å². The van der Waals surface area contributed by atoms with Gasteiger partial charge in [-0.25, -0.2) is 0 Å². The molecule has 1 fully saturated rings. The van der Waals surface area contributed by atoms with Crippen molar-refractivity contribution < 1.29 is 18.9 Å². The first-order chi connectivity index (χ1) is 17.6. The van der Waals surface area contributed by atoms with Crippen LogP contribution in [0.25, 0.3) is 17.0 Å². The zero-order chi connectivity index (χ0) is 25.1. The molecule has 1 aromatic heterocycles. The second-order valence-electron chi connectivity index (χ2n) is 7.96. The fourth-order valence-electron chi connectivity index (χ4n) is 3.99. The van der Waals surface area contributed by atoms with Gasteiger partial charge in [-0.3, -0.25) is 19.8 Å². The van der Waals surface area contributed by atoms with Crippen molar-refractivity contribution in [3.8, 4) is 17.4 Å². The summed E-state index contributed by atoms with van der Waals surface area (Å²) in [7, 11) is 0. The molecule has 0 bridgehead atoms. The smallest absolute Gasteiger partial charge is 0.269 e. The summed E-state index contributed by atoms with van der Waals surface area (Å²) in [6, 6.07) is 21.3. The van der Waals surface area contributed by atoms with E-state index in [9.17, 15) is 20.2 Å². The second-order valence-corrected chi connectivity index (χ2v) is 8.81. The Balaban J connectivity index is 1.51. The topological polar surface area (TPSA) is 113 Å². The van der Waals surface area contributed by atoms with E-state index in [0.29, 0.717) is 54.1 Å². The van der Waals surface area contributed by atoms with E-state index >= 15 is 0 Å². The number of rotatable bonds is 5. The van der Waals surface area contributed by atoms with Crippen LogP contribution < -0.4 is 4.90 Å². The molecule has 10 heteroatoms. The summed E-state index contributed by atoms with van der Waals surface area (Å²) >= 11 is 1.29. The molecule has 2 aliphatic heterocycles. The van der Waals surface area contributed by atoms with Crippen LogP contribution in [0, 0.1) is 21.4 Å². The van der Waals surface area contributed by atoms with E-state index in [-0.39, 0.29) is 17.2 Å². The number of nitro groups is 1. The quantitative estimate of drug-likeness (QED) is 0.208. The fraction of sp³-hybridized carbons (Fsp3) is 0.154. The molecule has 5 rings (SSSR count). The number of ether oxygens (including phenoxy) is 1. The molecular weight excluding hydrogens is 480 g/mol. The first-order valence-electron chi connectivity index (χ1n) is 11.2. The third-order valence-corrected chi connectivity index (χ3v) is 6.75. The molecule has 2 aliphatic rings. The number of morpholine rings is 1. The van der Waals surface area contributed by atoms with E-state index < -0.39 is 4.92 Å². The number of non-ortho nitro benzene ring substituents is 1. The maximum atomic E-state index is 13.3. The largest absolute Gasteiger partial charge is 0.455 e. The molecule has 0 saturated carbocycles. The van der Waals surface area contributed by atoms with Crippen molar-refractivity contribution in [2.45, 2.75) is 0 Å². The number of amides is 1. The van der Waals surface area contributed by atoms with E-state index in [4.69, 9.17) is 9.15 Å². The Morgan fingerprint density at radius 3 is 2.36 bits per heavy atom. The number of nitriles is 1. The standard InChI is InChI=1S/C26H20N4O5S/c27-16-21(25(31)28-12-14-34-15-13-28)26-29(19-4-2-1-3-5-19)22(17-36-26)24-11-10-23(35-24)18-6-8-20(9-7-18)30(32)33/h1-11,17H,12-15H2/b26-21-. The van der Waals surface area contributed by atoms with Gasteiger partial charge < -0.3 is 14.1 Å². The molecule has 0 N–H and O–H groups in total. The Morgan fingerprint density at radius 1 is 1.00 bits per heavy atom. The number of hydrogen-bond donors (Lipinski definition) is 0. The van der Waals surface area contributed by atoms with Gasteiger partial charge in [-0.05, 0) is 36.4 Å². The number of furan rings is 1. The van der Waals surface area contributed by atoms with Crippen molar-refractivity contribution >= 4 is 34.7 Å². The Kier molecular flexibility index (Phi) is 6.58. The van der Waals surface area contributed by atoms with Gasteiger partial charge in [0.1, 0.15) is 22.4 Å². The van der Waals surface area contributed by atoms with Gasteiger partial charge in [0.15, 0.2) is 5.76 Å². The highest BCUT2D eigenvalue weighted by molar-refractivity contribution is 8.06. The van der Waals surface area contributed by atoms with E-state index in [1.807, 2.05) is 40.6 Å². The number of hydrogen-bond acceptors (Lipinski definition) is 8. The van der Waals surface area contributed by atoms with Gasteiger partial charge in [0, 0.05) is 41.9 Å². The highest BCUT2D eigenvalue weighted by Gasteiger charge is 2.33. The van der Waals surface area contributed by atoms with Crippen molar-refractivity contribution in [2.75, 3.05) is 31.2 Å². The zero-order valence-corrected chi connectivity index (χ0v) is 19.8. The number of anilines is 1. The molecule has 3 heterocycles. The SMILES string of the molecule is N#C/C(C(=O)N1CCOCC1)=C1/SC=C(c2ccc(-c3ccc([N+](=O)[O-])cc3)o2)N1c1ccccc1. The van der Waals surface area contributed by atoms with Crippen LogP contribution in [-0.4, -0.2) is 42.0 Å². The summed E-state index contributed by atoms with van der Waals surface area (Å²) in [5.74, 6) is 0.747. The van der Waals surface area contributed by atoms with Gasteiger partial charge in [0.05, 0.1) is 23.8 Å². The minimum absolute atomic E-state index is 0.000527. The molecule has 2 aromatic carbocycles. The molecular formula is C26H20N4O5S. The predicted molar refractivity (Wildman–Crippen MR) is 135 cm³/mol. The van der Waals surface area contributed by atoms with Crippen molar-refractivity contribution in [3.05, 3.63) is 98.6 Å². The molecule has 1 saturated heterocycles. The first kappa shape index (κ1) is 23.4. The van der Waals surface area contributed by atoms with Crippen LogP contribution in [0.3, 0.4) is 0 Å². The van der Waals surface area contributed by atoms with Crippen molar-refractivity contribution in [1.29, 1.82) is 5.26 Å². The summed E-state index contributed by atoms with van der Waals surface area (Å²) in [6.45, 7) is 1.75. The number of benzene rings is 2. The second kappa shape index (κ2) is 10.1. The maximum Gasteiger partial charge on any atom is 0.269 e. The molecule has 0 aliphatic carbocycles. The molecule has 0 atom stereocenters. The van der Waals surface area contributed by atoms with Crippen LogP contribution in [0.2, 0.25) is 0 Å². The molecule has 180 valence electrons. The molecule has 0 radical (unpaired) electrons. The average molecular weight is 501 g/mol. The maximum absolute atomic E-state index is 13.3. The summed E-state index contributed by atoms with van der Waals surface area (Å²) < 4.78 is 11.5. The molecule has 0 spiro atoms. The normalized spacial score (nSPS) is 16.9. The number of para-hydroxylation sites is 1.